The van der Waals surface area contributed by atoms with Gasteiger partial charge in [-0.05, 0) is 36.2 Å². The van der Waals surface area contributed by atoms with E-state index in [-0.39, 0.29) is 6.04 Å². The van der Waals surface area contributed by atoms with Gasteiger partial charge in [-0.25, -0.2) is 0 Å². The van der Waals surface area contributed by atoms with Gasteiger partial charge in [0.05, 0.1) is 19.2 Å². The van der Waals surface area contributed by atoms with Crippen molar-refractivity contribution in [3.63, 3.8) is 0 Å². The number of benzene rings is 2. The van der Waals surface area contributed by atoms with E-state index in [0.29, 0.717) is 6.61 Å². The molecule has 0 bridgehead atoms. The predicted molar refractivity (Wildman–Crippen MR) is 101 cm³/mol. The van der Waals surface area contributed by atoms with E-state index >= 15 is 0 Å². The Balaban J connectivity index is 1.76. The van der Waals surface area contributed by atoms with Gasteiger partial charge in [0, 0.05) is 36.8 Å². The molecule has 4 heteroatoms. The Hall–Kier alpha value is -2.43. The highest BCUT2D eigenvalue weighted by Gasteiger charge is 2.10. The van der Waals surface area contributed by atoms with E-state index in [1.165, 1.54) is 16.5 Å². The number of rotatable bonds is 7. The third-order valence-corrected chi connectivity index (χ3v) is 4.42. The molecule has 1 N–H and O–H groups in total. The van der Waals surface area contributed by atoms with E-state index in [1.54, 1.807) is 14.2 Å². The second-order valence-corrected chi connectivity index (χ2v) is 6.10. The van der Waals surface area contributed by atoms with E-state index < -0.39 is 0 Å². The van der Waals surface area contributed by atoms with E-state index in [1.807, 2.05) is 18.3 Å². The van der Waals surface area contributed by atoms with Crippen LogP contribution in [-0.2, 0) is 17.9 Å². The number of fused-ring (bicyclic) bond motifs is 1. The molecule has 0 radical (unpaired) electrons. The monoisotopic (exact) mass is 336 g/mol. The van der Waals surface area contributed by atoms with Gasteiger partial charge in [0.15, 0.2) is 0 Å². The molecule has 2 aromatic carbocycles. The highest BCUT2D eigenvalue weighted by atomic mass is 16.5. The third-order valence-electron chi connectivity index (χ3n) is 4.42. The van der Waals surface area contributed by atoms with Crippen LogP contribution in [0.1, 0.15) is 29.7 Å². The van der Waals surface area contributed by atoms with Gasteiger partial charge in [-0.15, -0.1) is 0 Å². The van der Waals surface area contributed by atoms with Gasteiger partial charge >= 0.3 is 0 Å². The lowest BCUT2D eigenvalue weighted by molar-refractivity contribution is 0.181. The van der Waals surface area contributed by atoms with Crippen LogP contribution in [0.4, 0.5) is 0 Å². The Morgan fingerprint density at radius 2 is 1.88 bits per heavy atom. The minimum absolute atomic E-state index is 0.209. The molecule has 3 aromatic rings. The fraction of sp³-hybridized carbons (Fsp3) is 0.286. The maximum atomic E-state index is 5.40. The number of nitrogens with one attached hydrogen (secondary N) is 1. The Bertz CT molecular complexity index is 843. The van der Waals surface area contributed by atoms with Crippen molar-refractivity contribution in [3.05, 3.63) is 71.4 Å². The second kappa shape index (κ2) is 8.10. The predicted octanol–water partition coefficient (Wildman–Crippen LogP) is 4.24. The maximum absolute atomic E-state index is 5.40. The van der Waals surface area contributed by atoms with Crippen molar-refractivity contribution in [2.75, 3.05) is 14.2 Å². The summed E-state index contributed by atoms with van der Waals surface area (Å²) in [7, 11) is 3.38. The molecular weight excluding hydrogens is 312 g/mol. The Morgan fingerprint density at radius 1 is 1.04 bits per heavy atom. The zero-order valence-corrected chi connectivity index (χ0v) is 15.0. The number of nitrogens with zero attached hydrogens (tertiary/aromatic N) is 1. The summed E-state index contributed by atoms with van der Waals surface area (Å²) in [6.07, 6.45) is 1.84. The van der Waals surface area contributed by atoms with Gasteiger partial charge < -0.3 is 14.8 Å². The standard InChI is InChI=1S/C21H24N2O2/c1-15(17-9-10-20(25-3)19(12-17)14-24-2)23-13-18-7-4-6-16-8-5-11-22-21(16)18/h4-12,15,23H,13-14H2,1-3H3/t15-/m1/s1. The minimum Gasteiger partial charge on any atom is -0.496 e. The van der Waals surface area contributed by atoms with Crippen LogP contribution in [0.5, 0.6) is 5.75 Å². The normalized spacial score (nSPS) is 12.3. The first-order valence-electron chi connectivity index (χ1n) is 8.44. The highest BCUT2D eigenvalue weighted by Crippen LogP contribution is 2.24. The lowest BCUT2D eigenvalue weighted by atomic mass is 10.0. The average molecular weight is 336 g/mol. The third kappa shape index (κ3) is 3.98. The molecule has 1 aromatic heterocycles. The summed E-state index contributed by atoms with van der Waals surface area (Å²) in [6, 6.07) is 16.8. The molecule has 0 unspecified atom stereocenters. The first kappa shape index (κ1) is 17.4. The summed E-state index contributed by atoms with van der Waals surface area (Å²) in [6.45, 7) is 3.47. The van der Waals surface area contributed by atoms with E-state index in [2.05, 4.69) is 53.6 Å². The van der Waals surface area contributed by atoms with Crippen LogP contribution < -0.4 is 10.1 Å². The van der Waals surface area contributed by atoms with Crippen molar-refractivity contribution in [1.29, 1.82) is 0 Å². The van der Waals surface area contributed by atoms with Crippen LogP contribution in [0.15, 0.2) is 54.7 Å². The number of para-hydroxylation sites is 1. The van der Waals surface area contributed by atoms with Gasteiger partial charge in [0.1, 0.15) is 5.75 Å². The molecule has 25 heavy (non-hydrogen) atoms. The molecule has 0 spiro atoms. The molecule has 3 rings (SSSR count). The van der Waals surface area contributed by atoms with Gasteiger partial charge in [-0.1, -0.05) is 30.3 Å². The number of hydrogen-bond donors (Lipinski definition) is 1. The topological polar surface area (TPSA) is 43.4 Å². The second-order valence-electron chi connectivity index (χ2n) is 6.10. The largest absolute Gasteiger partial charge is 0.496 e. The number of methoxy groups -OCH3 is 2. The molecule has 0 amide bonds. The van der Waals surface area contributed by atoms with Crippen molar-refractivity contribution in [3.8, 4) is 5.75 Å². The molecule has 0 saturated carbocycles. The molecule has 0 aliphatic heterocycles. The zero-order valence-electron chi connectivity index (χ0n) is 15.0. The molecule has 0 aliphatic rings. The summed E-state index contributed by atoms with van der Waals surface area (Å²) in [4.78, 5) is 4.52. The quantitative estimate of drug-likeness (QED) is 0.701. The molecule has 4 nitrogen and oxygen atoms in total. The fourth-order valence-corrected chi connectivity index (χ4v) is 3.03. The molecule has 130 valence electrons. The molecule has 0 fully saturated rings. The fourth-order valence-electron chi connectivity index (χ4n) is 3.03. The first-order chi connectivity index (χ1) is 12.2. The number of ether oxygens (including phenoxy) is 2. The average Bonchev–Trinajstić information content (AvgIpc) is 2.66. The van der Waals surface area contributed by atoms with Crippen LogP contribution >= 0.6 is 0 Å². The maximum Gasteiger partial charge on any atom is 0.124 e. The summed E-state index contributed by atoms with van der Waals surface area (Å²) in [5.74, 6) is 0.857. The van der Waals surface area contributed by atoms with Crippen molar-refractivity contribution in [2.24, 2.45) is 0 Å². The van der Waals surface area contributed by atoms with E-state index in [9.17, 15) is 0 Å². The number of aromatic nitrogens is 1. The summed E-state index contributed by atoms with van der Waals surface area (Å²) in [5.41, 5.74) is 4.53. The summed E-state index contributed by atoms with van der Waals surface area (Å²) in [5, 5.41) is 4.76. The molecular formula is C21H24N2O2. The van der Waals surface area contributed by atoms with Crippen molar-refractivity contribution < 1.29 is 9.47 Å². The minimum atomic E-state index is 0.209. The van der Waals surface area contributed by atoms with Crippen LogP contribution in [0, 0.1) is 0 Å². The molecule has 1 heterocycles. The van der Waals surface area contributed by atoms with Gasteiger partial charge in [0.2, 0.25) is 0 Å². The van der Waals surface area contributed by atoms with E-state index in [4.69, 9.17) is 9.47 Å². The lowest BCUT2D eigenvalue weighted by Crippen LogP contribution is -2.18. The van der Waals surface area contributed by atoms with Crippen LogP contribution in [0.2, 0.25) is 0 Å². The summed E-state index contributed by atoms with van der Waals surface area (Å²) >= 11 is 0. The van der Waals surface area contributed by atoms with Crippen molar-refractivity contribution >= 4 is 10.9 Å². The van der Waals surface area contributed by atoms with Gasteiger partial charge in [-0.3, -0.25) is 4.98 Å². The van der Waals surface area contributed by atoms with Crippen LogP contribution in [0.3, 0.4) is 0 Å². The smallest absolute Gasteiger partial charge is 0.124 e. The van der Waals surface area contributed by atoms with Crippen molar-refractivity contribution in [1.82, 2.24) is 10.3 Å². The highest BCUT2D eigenvalue weighted by molar-refractivity contribution is 5.81. The lowest BCUT2D eigenvalue weighted by Gasteiger charge is -2.17. The van der Waals surface area contributed by atoms with Crippen LogP contribution in [-0.4, -0.2) is 19.2 Å². The first-order valence-corrected chi connectivity index (χ1v) is 8.44. The number of hydrogen-bond acceptors (Lipinski definition) is 4. The molecule has 0 saturated heterocycles. The SMILES string of the molecule is COCc1cc([C@@H](C)NCc2cccc3cccnc23)ccc1OC. The molecule has 0 aliphatic carbocycles. The zero-order chi connectivity index (χ0) is 17.6. The molecule has 1 atom stereocenters. The Kier molecular flexibility index (Phi) is 5.64. The summed E-state index contributed by atoms with van der Waals surface area (Å²) < 4.78 is 10.7. The Morgan fingerprint density at radius 3 is 2.68 bits per heavy atom. The van der Waals surface area contributed by atoms with E-state index in [0.717, 1.165) is 23.4 Å². The van der Waals surface area contributed by atoms with Gasteiger partial charge in [0.25, 0.3) is 0 Å². The Labute approximate surface area is 148 Å². The van der Waals surface area contributed by atoms with Gasteiger partial charge in [-0.2, -0.15) is 0 Å². The van der Waals surface area contributed by atoms with Crippen molar-refractivity contribution in [2.45, 2.75) is 26.1 Å². The van der Waals surface area contributed by atoms with Crippen LogP contribution in [0.25, 0.3) is 10.9 Å². The number of pyridine rings is 1.